The topological polar surface area (TPSA) is 37.3 Å². The zero-order chi connectivity index (χ0) is 9.19. The van der Waals surface area contributed by atoms with Crippen LogP contribution < -0.4 is 0 Å². The number of alkyl halides is 1. The Hall–Kier alpha value is -0.830. The van der Waals surface area contributed by atoms with E-state index in [-0.39, 0.29) is 24.4 Å². The van der Waals surface area contributed by atoms with E-state index in [1.165, 1.54) is 18.2 Å². The number of halogens is 2. The molecule has 0 aromatic rings. The number of allylic oxidation sites excluding steroid dienone is 2. The fraction of sp³-hybridized carbons (Fsp3) is 0.444. The molecule has 0 saturated carbocycles. The first kappa shape index (κ1) is 12.2. The van der Waals surface area contributed by atoms with Crippen LogP contribution >= 0.6 is 12.4 Å². The zero-order valence-corrected chi connectivity index (χ0v) is 8.10. The summed E-state index contributed by atoms with van der Waals surface area (Å²) in [5, 5.41) is 8.54. The second-order valence-corrected chi connectivity index (χ2v) is 2.89. The van der Waals surface area contributed by atoms with Gasteiger partial charge in [-0.2, -0.15) is 0 Å². The molecule has 74 valence electrons. The Kier molecular flexibility index (Phi) is 4.14. The Morgan fingerprint density at radius 2 is 2.38 bits per heavy atom. The maximum absolute atomic E-state index is 13.4. The van der Waals surface area contributed by atoms with E-state index in [4.69, 9.17) is 5.11 Å². The molecule has 0 radical (unpaired) electrons. The largest absolute Gasteiger partial charge is 0.478 e. The lowest BCUT2D eigenvalue weighted by Gasteiger charge is -2.20. The third-order valence-electron chi connectivity index (χ3n) is 2.06. The number of carboxylic acids is 1. The van der Waals surface area contributed by atoms with Gasteiger partial charge in [0.1, 0.15) is 5.67 Å². The Morgan fingerprint density at radius 1 is 1.77 bits per heavy atom. The Morgan fingerprint density at radius 3 is 2.69 bits per heavy atom. The van der Waals surface area contributed by atoms with Crippen molar-refractivity contribution < 1.29 is 14.3 Å². The normalized spacial score (nSPS) is 26.2. The lowest BCUT2D eigenvalue weighted by Crippen LogP contribution is -2.20. The summed E-state index contributed by atoms with van der Waals surface area (Å²) in [6.45, 7) is 1.74. The van der Waals surface area contributed by atoms with Crippen LogP contribution in [0.15, 0.2) is 23.8 Å². The highest BCUT2D eigenvalue weighted by Gasteiger charge is 2.26. The van der Waals surface area contributed by atoms with Gasteiger partial charge in [-0.25, -0.2) is 9.18 Å². The zero-order valence-electron chi connectivity index (χ0n) is 7.29. The minimum atomic E-state index is -1.33. The summed E-state index contributed by atoms with van der Waals surface area (Å²) < 4.78 is 13.4. The monoisotopic (exact) mass is 206 g/mol. The SMILES string of the molecule is CCC1(F)C=CC(C(=O)O)=CC1.Cl. The summed E-state index contributed by atoms with van der Waals surface area (Å²) >= 11 is 0. The summed E-state index contributed by atoms with van der Waals surface area (Å²) in [6.07, 6.45) is 4.63. The molecule has 1 aliphatic carbocycles. The van der Waals surface area contributed by atoms with Gasteiger partial charge in [0, 0.05) is 6.42 Å². The summed E-state index contributed by atoms with van der Waals surface area (Å²) in [4.78, 5) is 10.4. The average molecular weight is 207 g/mol. The van der Waals surface area contributed by atoms with Crippen LogP contribution in [-0.4, -0.2) is 16.7 Å². The molecule has 2 nitrogen and oxygen atoms in total. The third-order valence-corrected chi connectivity index (χ3v) is 2.06. The fourth-order valence-corrected chi connectivity index (χ4v) is 1.08. The summed E-state index contributed by atoms with van der Waals surface area (Å²) in [7, 11) is 0. The highest BCUT2D eigenvalue weighted by Crippen LogP contribution is 2.27. The number of carboxylic acid groups (broad SMARTS) is 1. The van der Waals surface area contributed by atoms with E-state index in [1.807, 2.05) is 0 Å². The number of carbonyl (C=O) groups is 1. The smallest absolute Gasteiger partial charge is 0.335 e. The highest BCUT2D eigenvalue weighted by molar-refractivity contribution is 5.90. The van der Waals surface area contributed by atoms with Gasteiger partial charge in [-0.15, -0.1) is 12.4 Å². The molecule has 0 amide bonds. The van der Waals surface area contributed by atoms with Crippen LogP contribution in [0.3, 0.4) is 0 Å². The lowest BCUT2D eigenvalue weighted by atomic mass is 9.92. The van der Waals surface area contributed by atoms with Crippen LogP contribution in [0, 0.1) is 0 Å². The molecule has 0 saturated heterocycles. The van der Waals surface area contributed by atoms with Crippen molar-refractivity contribution in [2.24, 2.45) is 0 Å². The molecule has 1 atom stereocenters. The molecule has 0 spiro atoms. The maximum atomic E-state index is 13.4. The molecule has 0 fully saturated rings. The Labute approximate surface area is 82.5 Å². The first-order valence-electron chi connectivity index (χ1n) is 3.89. The molecule has 4 heteroatoms. The molecular formula is C9H12ClFO2. The Bertz CT molecular complexity index is 260. The van der Waals surface area contributed by atoms with Gasteiger partial charge >= 0.3 is 5.97 Å². The summed E-state index contributed by atoms with van der Waals surface area (Å²) in [5.74, 6) is -0.996. The lowest BCUT2D eigenvalue weighted by molar-refractivity contribution is -0.132. The van der Waals surface area contributed by atoms with Crippen molar-refractivity contribution in [3.8, 4) is 0 Å². The maximum Gasteiger partial charge on any atom is 0.335 e. The Balaban J connectivity index is 0.00000144. The number of hydrogen-bond acceptors (Lipinski definition) is 1. The van der Waals surface area contributed by atoms with Crippen molar-refractivity contribution in [1.82, 2.24) is 0 Å². The molecule has 0 bridgehead atoms. The van der Waals surface area contributed by atoms with Gasteiger partial charge in [0.2, 0.25) is 0 Å². The van der Waals surface area contributed by atoms with E-state index in [9.17, 15) is 9.18 Å². The van der Waals surface area contributed by atoms with Crippen molar-refractivity contribution in [3.63, 3.8) is 0 Å². The molecule has 1 unspecified atom stereocenters. The number of rotatable bonds is 2. The minimum Gasteiger partial charge on any atom is -0.478 e. The van der Waals surface area contributed by atoms with Crippen LogP contribution in [0.1, 0.15) is 19.8 Å². The fourth-order valence-electron chi connectivity index (χ4n) is 1.08. The standard InChI is InChI=1S/C9H11FO2.ClH/c1-2-9(10)5-3-7(4-6-9)8(11)12;/h3-5H,2,6H2,1H3,(H,11,12);1H. The predicted molar refractivity (Wildman–Crippen MR) is 50.9 cm³/mol. The van der Waals surface area contributed by atoms with E-state index in [0.717, 1.165) is 0 Å². The van der Waals surface area contributed by atoms with E-state index >= 15 is 0 Å². The first-order chi connectivity index (χ1) is 5.57. The second-order valence-electron chi connectivity index (χ2n) is 2.89. The molecule has 0 aromatic heterocycles. The van der Waals surface area contributed by atoms with Crippen LogP contribution in [0.5, 0.6) is 0 Å². The van der Waals surface area contributed by atoms with Gasteiger partial charge in [0.25, 0.3) is 0 Å². The van der Waals surface area contributed by atoms with Gasteiger partial charge in [-0.3, -0.25) is 0 Å². The minimum absolute atomic E-state index is 0. The molecule has 0 aliphatic heterocycles. The third kappa shape index (κ3) is 2.84. The van der Waals surface area contributed by atoms with Crippen molar-refractivity contribution in [2.75, 3.05) is 0 Å². The van der Waals surface area contributed by atoms with Crippen LogP contribution in [0.4, 0.5) is 4.39 Å². The predicted octanol–water partition coefficient (Wildman–Crippen LogP) is 2.50. The molecule has 13 heavy (non-hydrogen) atoms. The van der Waals surface area contributed by atoms with E-state index in [2.05, 4.69) is 0 Å². The van der Waals surface area contributed by atoms with Gasteiger partial charge in [0.15, 0.2) is 0 Å². The molecule has 1 rings (SSSR count). The average Bonchev–Trinajstić information content (AvgIpc) is 2.05. The van der Waals surface area contributed by atoms with Gasteiger partial charge < -0.3 is 5.11 Å². The van der Waals surface area contributed by atoms with Crippen molar-refractivity contribution in [1.29, 1.82) is 0 Å². The highest BCUT2D eigenvalue weighted by atomic mass is 35.5. The summed E-state index contributed by atoms with van der Waals surface area (Å²) in [6, 6.07) is 0. The second kappa shape index (κ2) is 4.42. The van der Waals surface area contributed by atoms with Crippen LogP contribution in [-0.2, 0) is 4.79 Å². The van der Waals surface area contributed by atoms with E-state index in [1.54, 1.807) is 6.92 Å². The molecular weight excluding hydrogens is 195 g/mol. The van der Waals surface area contributed by atoms with Gasteiger partial charge in [0.05, 0.1) is 5.57 Å². The van der Waals surface area contributed by atoms with E-state index < -0.39 is 11.6 Å². The van der Waals surface area contributed by atoms with Crippen molar-refractivity contribution in [2.45, 2.75) is 25.4 Å². The first-order valence-corrected chi connectivity index (χ1v) is 3.89. The summed E-state index contributed by atoms with van der Waals surface area (Å²) in [5.41, 5.74) is -1.16. The molecule has 0 heterocycles. The van der Waals surface area contributed by atoms with Gasteiger partial charge in [-0.05, 0) is 18.6 Å². The van der Waals surface area contributed by atoms with Gasteiger partial charge in [-0.1, -0.05) is 13.0 Å². The van der Waals surface area contributed by atoms with Crippen LogP contribution in [0.2, 0.25) is 0 Å². The van der Waals surface area contributed by atoms with Crippen molar-refractivity contribution >= 4 is 18.4 Å². The van der Waals surface area contributed by atoms with E-state index in [0.29, 0.717) is 6.42 Å². The number of hydrogen-bond donors (Lipinski definition) is 1. The molecule has 1 aliphatic rings. The molecule has 0 aromatic carbocycles. The quantitative estimate of drug-likeness (QED) is 0.754. The number of aliphatic carboxylic acids is 1. The van der Waals surface area contributed by atoms with Crippen LogP contribution in [0.25, 0.3) is 0 Å². The molecule has 1 N–H and O–H groups in total. The van der Waals surface area contributed by atoms with Crippen molar-refractivity contribution in [3.05, 3.63) is 23.8 Å².